The molecule has 10 heteroatoms. The molecule has 5 N–H and O–H groups in total. The first-order valence-corrected chi connectivity index (χ1v) is 12.5. The highest BCUT2D eigenvalue weighted by Crippen LogP contribution is 2.35. The number of hydrogen-bond acceptors (Lipinski definition) is 8. The number of anilines is 1. The Bertz CT molecular complexity index is 1320. The van der Waals surface area contributed by atoms with Crippen LogP contribution in [0.4, 0.5) is 5.69 Å². The minimum atomic E-state index is -0.557. The Morgan fingerprint density at radius 1 is 1.16 bits per heavy atom. The molecule has 3 unspecified atom stereocenters. The second-order valence-corrected chi connectivity index (χ2v) is 9.70. The van der Waals surface area contributed by atoms with Crippen LogP contribution in [0.1, 0.15) is 47.3 Å². The quantitative estimate of drug-likeness (QED) is 0.279. The molecule has 190 valence electrons. The predicted octanol–water partition coefficient (Wildman–Crippen LogP) is 2.71. The standard InChI is InChI=1S/C27H31N9O/c1-35-21-10-11-22(35)13-18(12-21)31-15-19(14-28)32-27(37)17-6-8-20(9-7-17)36-16-25(33-34-36)26(30)23-4-2-3-5-24(23)29/h2-9,14-16,18-19,21-22,28,30H,10-13,29H2,1H3,(H,32,37). The van der Waals surface area contributed by atoms with Crippen molar-refractivity contribution >= 4 is 29.7 Å². The maximum Gasteiger partial charge on any atom is 0.252 e. The minimum absolute atomic E-state index is 0.188. The van der Waals surface area contributed by atoms with Gasteiger partial charge in [-0.15, -0.1) is 5.10 Å². The molecule has 0 radical (unpaired) electrons. The normalized spacial score (nSPS) is 22.1. The molecule has 3 heterocycles. The number of para-hydroxylation sites is 1. The van der Waals surface area contributed by atoms with E-state index in [4.69, 9.17) is 21.5 Å². The summed E-state index contributed by atoms with van der Waals surface area (Å²) in [6, 6.07) is 14.9. The van der Waals surface area contributed by atoms with E-state index in [-0.39, 0.29) is 17.7 Å². The summed E-state index contributed by atoms with van der Waals surface area (Å²) < 4.78 is 1.55. The van der Waals surface area contributed by atoms with Crippen LogP contribution in [0.15, 0.2) is 59.7 Å². The number of carbonyl (C=O) groups is 1. The number of nitrogens with two attached hydrogens (primary N) is 1. The molecular weight excluding hydrogens is 466 g/mol. The van der Waals surface area contributed by atoms with Crippen LogP contribution in [-0.4, -0.2) is 75.2 Å². The number of aliphatic imine (C=N–C) groups is 1. The average molecular weight is 498 g/mol. The molecule has 2 aliphatic rings. The van der Waals surface area contributed by atoms with Crippen LogP contribution in [0.5, 0.6) is 0 Å². The fourth-order valence-electron chi connectivity index (χ4n) is 5.21. The van der Waals surface area contributed by atoms with Gasteiger partial charge in [0.05, 0.1) is 29.7 Å². The zero-order valence-electron chi connectivity index (χ0n) is 20.7. The van der Waals surface area contributed by atoms with Gasteiger partial charge in [0.2, 0.25) is 0 Å². The summed E-state index contributed by atoms with van der Waals surface area (Å²) in [4.78, 5) is 20.0. The summed E-state index contributed by atoms with van der Waals surface area (Å²) in [5, 5.41) is 27.2. The third-order valence-corrected chi connectivity index (χ3v) is 7.38. The van der Waals surface area contributed by atoms with E-state index in [1.165, 1.54) is 19.1 Å². The molecular formula is C27H31N9O. The molecule has 3 atom stereocenters. The first-order valence-electron chi connectivity index (χ1n) is 12.5. The Balaban J connectivity index is 1.20. The highest BCUT2D eigenvalue weighted by atomic mass is 16.1. The molecule has 37 heavy (non-hydrogen) atoms. The third-order valence-electron chi connectivity index (χ3n) is 7.38. The van der Waals surface area contributed by atoms with Crippen LogP contribution in [0, 0.1) is 10.8 Å². The Kier molecular flexibility index (Phi) is 6.91. The summed E-state index contributed by atoms with van der Waals surface area (Å²) in [6.45, 7) is 0. The van der Waals surface area contributed by atoms with Crippen molar-refractivity contribution in [2.75, 3.05) is 12.8 Å². The van der Waals surface area contributed by atoms with Crippen molar-refractivity contribution in [2.24, 2.45) is 4.99 Å². The van der Waals surface area contributed by atoms with Crippen molar-refractivity contribution in [3.63, 3.8) is 0 Å². The molecule has 0 saturated carbocycles. The highest BCUT2D eigenvalue weighted by molar-refractivity contribution is 6.12. The van der Waals surface area contributed by atoms with Crippen LogP contribution < -0.4 is 11.1 Å². The van der Waals surface area contributed by atoms with E-state index in [1.807, 2.05) is 12.1 Å². The summed E-state index contributed by atoms with van der Waals surface area (Å²) in [7, 11) is 2.20. The molecule has 2 fully saturated rings. The second kappa shape index (κ2) is 10.4. The Labute approximate surface area is 215 Å². The SMILES string of the molecule is CN1C2CCC1CC(N=CC(C=N)NC(=O)c1ccc(-n3cc(C(=N)c4ccccc4N)nn3)cc1)C2. The number of aromatic nitrogens is 3. The maximum absolute atomic E-state index is 12.8. The lowest BCUT2D eigenvalue weighted by molar-refractivity contribution is 0.0954. The number of rotatable bonds is 8. The van der Waals surface area contributed by atoms with E-state index in [0.717, 1.165) is 12.8 Å². The zero-order chi connectivity index (χ0) is 25.9. The molecule has 0 aliphatic carbocycles. The number of piperidine rings is 1. The van der Waals surface area contributed by atoms with Gasteiger partial charge in [0.15, 0.2) is 0 Å². The topological polar surface area (TPSA) is 149 Å². The van der Waals surface area contributed by atoms with Crippen molar-refractivity contribution in [3.05, 3.63) is 71.5 Å². The van der Waals surface area contributed by atoms with Gasteiger partial charge in [-0.25, -0.2) is 4.68 Å². The number of benzene rings is 2. The predicted molar refractivity (Wildman–Crippen MR) is 144 cm³/mol. The number of hydrogen-bond donors (Lipinski definition) is 4. The first-order chi connectivity index (χ1) is 17.9. The van der Waals surface area contributed by atoms with Crippen molar-refractivity contribution in [1.29, 1.82) is 10.8 Å². The molecule has 10 nitrogen and oxygen atoms in total. The largest absolute Gasteiger partial charge is 0.398 e. The lowest BCUT2D eigenvalue weighted by Crippen LogP contribution is -2.42. The molecule has 3 aromatic rings. The van der Waals surface area contributed by atoms with Gasteiger partial charge < -0.3 is 21.4 Å². The third kappa shape index (κ3) is 5.19. The summed E-state index contributed by atoms with van der Waals surface area (Å²) in [5.74, 6) is -0.282. The molecule has 0 spiro atoms. The van der Waals surface area contributed by atoms with Crippen molar-refractivity contribution in [3.8, 4) is 5.69 Å². The highest BCUT2D eigenvalue weighted by Gasteiger charge is 2.38. The lowest BCUT2D eigenvalue weighted by Gasteiger charge is -2.34. The molecule has 2 saturated heterocycles. The first kappa shape index (κ1) is 24.5. The van der Waals surface area contributed by atoms with Crippen molar-refractivity contribution in [1.82, 2.24) is 25.2 Å². The Morgan fingerprint density at radius 2 is 1.86 bits per heavy atom. The summed E-state index contributed by atoms with van der Waals surface area (Å²) in [5.41, 5.74) is 8.83. The number of nitrogens with zero attached hydrogens (tertiary/aromatic N) is 5. The average Bonchev–Trinajstić information content (AvgIpc) is 3.47. The number of carbonyl (C=O) groups excluding carboxylic acids is 1. The van der Waals surface area contributed by atoms with Gasteiger partial charge in [-0.1, -0.05) is 23.4 Å². The van der Waals surface area contributed by atoms with Crippen LogP contribution >= 0.6 is 0 Å². The summed E-state index contributed by atoms with van der Waals surface area (Å²) in [6.07, 6.45) is 9.07. The smallest absolute Gasteiger partial charge is 0.252 e. The fourth-order valence-corrected chi connectivity index (χ4v) is 5.21. The second-order valence-electron chi connectivity index (χ2n) is 9.70. The number of nitrogens with one attached hydrogen (secondary N) is 3. The molecule has 2 bridgehead atoms. The van der Waals surface area contributed by atoms with E-state index in [0.29, 0.717) is 40.3 Å². The van der Waals surface area contributed by atoms with Gasteiger partial charge in [0.25, 0.3) is 5.91 Å². The molecule has 5 rings (SSSR count). The van der Waals surface area contributed by atoms with Gasteiger partial charge in [0, 0.05) is 41.3 Å². The van der Waals surface area contributed by atoms with E-state index >= 15 is 0 Å². The Morgan fingerprint density at radius 3 is 2.54 bits per heavy atom. The molecule has 1 aromatic heterocycles. The zero-order valence-corrected chi connectivity index (χ0v) is 20.7. The van der Waals surface area contributed by atoms with E-state index in [2.05, 4.69) is 27.6 Å². The molecule has 1 amide bonds. The minimum Gasteiger partial charge on any atom is -0.398 e. The van der Waals surface area contributed by atoms with Crippen molar-refractivity contribution in [2.45, 2.75) is 49.9 Å². The maximum atomic E-state index is 12.8. The van der Waals surface area contributed by atoms with Gasteiger partial charge in [-0.3, -0.25) is 15.2 Å². The van der Waals surface area contributed by atoms with E-state index < -0.39 is 6.04 Å². The summed E-state index contributed by atoms with van der Waals surface area (Å²) >= 11 is 0. The van der Waals surface area contributed by atoms with E-state index in [1.54, 1.807) is 53.5 Å². The lowest BCUT2D eigenvalue weighted by atomic mass is 9.98. The van der Waals surface area contributed by atoms with Crippen LogP contribution in [0.25, 0.3) is 5.69 Å². The van der Waals surface area contributed by atoms with Crippen LogP contribution in [0.3, 0.4) is 0 Å². The van der Waals surface area contributed by atoms with Gasteiger partial charge in [-0.2, -0.15) is 0 Å². The van der Waals surface area contributed by atoms with Crippen LogP contribution in [-0.2, 0) is 0 Å². The van der Waals surface area contributed by atoms with E-state index in [9.17, 15) is 4.79 Å². The molecule has 2 aromatic carbocycles. The van der Waals surface area contributed by atoms with Gasteiger partial charge in [0.1, 0.15) is 5.69 Å². The number of amides is 1. The fraction of sp³-hybridized carbons (Fsp3) is 0.333. The van der Waals surface area contributed by atoms with Crippen LogP contribution in [0.2, 0.25) is 0 Å². The number of nitrogen functional groups attached to an aromatic ring is 1. The van der Waals surface area contributed by atoms with Gasteiger partial charge in [-0.05, 0) is 63.1 Å². The number of fused-ring (bicyclic) bond motifs is 2. The molecule has 2 aliphatic heterocycles. The Hall–Kier alpha value is -4.18. The van der Waals surface area contributed by atoms with Crippen molar-refractivity contribution < 1.29 is 4.79 Å². The monoisotopic (exact) mass is 497 g/mol. The van der Waals surface area contributed by atoms with Gasteiger partial charge >= 0.3 is 0 Å².